The second-order valence-electron chi connectivity index (χ2n) is 5.86. The Labute approximate surface area is 134 Å². The third kappa shape index (κ3) is 3.98. The molecular formula is C15H21F3N2O2S. The standard InChI is InChI=1S/C15H21F3N2O2S/c1-11(2)23(21,22)14-5-4-12(15(16,17)18)10-13(14)20-8-3-6-19-7-9-20/h4-5,10-11,19H,3,6-9H2,1-2H3. The number of rotatable bonds is 3. The Bertz CT molecular complexity index is 649. The normalized spacial score (nSPS) is 17.4. The van der Waals surface area contributed by atoms with Crippen LogP contribution in [0.4, 0.5) is 18.9 Å². The number of alkyl halides is 3. The third-order valence-corrected chi connectivity index (χ3v) is 6.09. The second-order valence-corrected chi connectivity index (χ2v) is 8.34. The maximum atomic E-state index is 13.0. The molecule has 1 aromatic carbocycles. The maximum absolute atomic E-state index is 13.0. The van der Waals surface area contributed by atoms with E-state index >= 15 is 0 Å². The highest BCUT2D eigenvalue weighted by atomic mass is 32.2. The van der Waals surface area contributed by atoms with E-state index < -0.39 is 26.8 Å². The van der Waals surface area contributed by atoms with Crippen molar-refractivity contribution in [3.05, 3.63) is 23.8 Å². The highest BCUT2D eigenvalue weighted by Crippen LogP contribution is 2.36. The van der Waals surface area contributed by atoms with Crippen LogP contribution in [0.5, 0.6) is 0 Å². The minimum Gasteiger partial charge on any atom is -0.369 e. The zero-order valence-electron chi connectivity index (χ0n) is 13.2. The summed E-state index contributed by atoms with van der Waals surface area (Å²) in [5.41, 5.74) is -0.676. The van der Waals surface area contributed by atoms with Crippen LogP contribution in [0, 0.1) is 0 Å². The average Bonchev–Trinajstić information content (AvgIpc) is 2.74. The van der Waals surface area contributed by atoms with Gasteiger partial charge in [-0.05, 0) is 45.0 Å². The van der Waals surface area contributed by atoms with Crippen molar-refractivity contribution in [2.75, 3.05) is 31.1 Å². The van der Waals surface area contributed by atoms with Crippen molar-refractivity contribution in [2.24, 2.45) is 0 Å². The number of anilines is 1. The second kappa shape index (κ2) is 6.68. The van der Waals surface area contributed by atoms with Gasteiger partial charge in [-0.25, -0.2) is 8.42 Å². The summed E-state index contributed by atoms with van der Waals surface area (Å²) in [5.74, 6) is 0. The van der Waals surface area contributed by atoms with Crippen LogP contribution in [-0.4, -0.2) is 39.8 Å². The molecule has 1 aromatic rings. The predicted molar refractivity (Wildman–Crippen MR) is 83.5 cm³/mol. The number of sulfone groups is 1. The van der Waals surface area contributed by atoms with Crippen molar-refractivity contribution in [3.63, 3.8) is 0 Å². The first-order valence-electron chi connectivity index (χ1n) is 7.55. The highest BCUT2D eigenvalue weighted by Gasteiger charge is 2.34. The summed E-state index contributed by atoms with van der Waals surface area (Å²) in [7, 11) is -3.66. The van der Waals surface area contributed by atoms with Gasteiger partial charge in [0.25, 0.3) is 0 Å². The lowest BCUT2D eigenvalue weighted by molar-refractivity contribution is -0.137. The molecule has 130 valence electrons. The summed E-state index contributed by atoms with van der Waals surface area (Å²) in [6.45, 7) is 5.43. The van der Waals surface area contributed by atoms with Gasteiger partial charge in [-0.3, -0.25) is 0 Å². The van der Waals surface area contributed by atoms with Crippen LogP contribution in [0.2, 0.25) is 0 Å². The van der Waals surface area contributed by atoms with Gasteiger partial charge in [-0.2, -0.15) is 13.2 Å². The molecule has 0 bridgehead atoms. The van der Waals surface area contributed by atoms with Gasteiger partial charge < -0.3 is 10.2 Å². The Kier molecular flexibility index (Phi) is 5.25. The van der Waals surface area contributed by atoms with Crippen LogP contribution in [0.25, 0.3) is 0 Å². The molecule has 1 fully saturated rings. The van der Waals surface area contributed by atoms with Crippen LogP contribution in [-0.2, 0) is 16.0 Å². The van der Waals surface area contributed by atoms with Crippen LogP contribution in [0.3, 0.4) is 0 Å². The Hall–Kier alpha value is -1.28. The molecule has 1 aliphatic rings. The fourth-order valence-electron chi connectivity index (χ4n) is 2.52. The van der Waals surface area contributed by atoms with E-state index in [1.165, 1.54) is 13.8 Å². The van der Waals surface area contributed by atoms with Gasteiger partial charge in [0.05, 0.1) is 21.4 Å². The highest BCUT2D eigenvalue weighted by molar-refractivity contribution is 7.92. The van der Waals surface area contributed by atoms with E-state index in [-0.39, 0.29) is 10.6 Å². The van der Waals surface area contributed by atoms with Gasteiger partial charge in [-0.1, -0.05) is 0 Å². The first kappa shape index (κ1) is 18.1. The topological polar surface area (TPSA) is 49.4 Å². The van der Waals surface area contributed by atoms with Gasteiger partial charge in [0.2, 0.25) is 0 Å². The molecule has 0 spiro atoms. The van der Waals surface area contributed by atoms with E-state index in [0.29, 0.717) is 19.6 Å². The minimum atomic E-state index is -4.50. The van der Waals surface area contributed by atoms with E-state index in [0.717, 1.165) is 31.2 Å². The molecule has 1 aliphatic heterocycles. The van der Waals surface area contributed by atoms with E-state index in [1.54, 1.807) is 4.90 Å². The monoisotopic (exact) mass is 350 g/mol. The van der Waals surface area contributed by atoms with Gasteiger partial charge in [-0.15, -0.1) is 0 Å². The lowest BCUT2D eigenvalue weighted by Gasteiger charge is -2.26. The van der Waals surface area contributed by atoms with Gasteiger partial charge in [0, 0.05) is 19.6 Å². The van der Waals surface area contributed by atoms with Crippen LogP contribution < -0.4 is 10.2 Å². The summed E-state index contributed by atoms with van der Waals surface area (Å²) in [6, 6.07) is 2.89. The Balaban J connectivity index is 2.58. The first-order chi connectivity index (χ1) is 10.6. The molecule has 23 heavy (non-hydrogen) atoms. The van der Waals surface area contributed by atoms with E-state index in [4.69, 9.17) is 0 Å². The van der Waals surface area contributed by atoms with Gasteiger partial charge >= 0.3 is 6.18 Å². The summed E-state index contributed by atoms with van der Waals surface area (Å²) in [4.78, 5) is 1.70. The van der Waals surface area contributed by atoms with Crippen molar-refractivity contribution >= 4 is 15.5 Å². The Morgan fingerprint density at radius 3 is 2.48 bits per heavy atom. The van der Waals surface area contributed by atoms with Gasteiger partial charge in [0.15, 0.2) is 9.84 Å². The molecular weight excluding hydrogens is 329 g/mol. The van der Waals surface area contributed by atoms with Crippen molar-refractivity contribution in [2.45, 2.75) is 36.6 Å². The quantitative estimate of drug-likeness (QED) is 0.911. The molecule has 0 amide bonds. The van der Waals surface area contributed by atoms with Crippen molar-refractivity contribution in [3.8, 4) is 0 Å². The number of benzene rings is 1. The van der Waals surface area contributed by atoms with Crippen LogP contribution >= 0.6 is 0 Å². The zero-order valence-corrected chi connectivity index (χ0v) is 14.0. The number of hydrogen-bond donors (Lipinski definition) is 1. The fraction of sp³-hybridized carbons (Fsp3) is 0.600. The number of hydrogen-bond acceptors (Lipinski definition) is 4. The van der Waals surface area contributed by atoms with Crippen molar-refractivity contribution in [1.29, 1.82) is 0 Å². The van der Waals surface area contributed by atoms with E-state index in [9.17, 15) is 21.6 Å². The molecule has 1 saturated heterocycles. The summed E-state index contributed by atoms with van der Waals surface area (Å²) in [6.07, 6.45) is -3.75. The molecule has 0 atom stereocenters. The molecule has 0 aromatic heterocycles. The van der Waals surface area contributed by atoms with Crippen LogP contribution in [0.1, 0.15) is 25.8 Å². The van der Waals surface area contributed by atoms with Gasteiger partial charge in [0.1, 0.15) is 0 Å². The molecule has 0 aliphatic carbocycles. The zero-order chi connectivity index (χ0) is 17.3. The number of nitrogens with one attached hydrogen (secondary N) is 1. The summed E-state index contributed by atoms with van der Waals surface area (Å²) in [5, 5.41) is 2.47. The van der Waals surface area contributed by atoms with Crippen molar-refractivity contribution in [1.82, 2.24) is 5.32 Å². The number of halogens is 3. The van der Waals surface area contributed by atoms with Crippen molar-refractivity contribution < 1.29 is 21.6 Å². The molecule has 0 unspecified atom stereocenters. The lowest BCUT2D eigenvalue weighted by atomic mass is 10.1. The molecule has 0 saturated carbocycles. The minimum absolute atomic E-state index is 0.0256. The largest absolute Gasteiger partial charge is 0.416 e. The average molecular weight is 350 g/mol. The molecule has 4 nitrogen and oxygen atoms in total. The predicted octanol–water partition coefficient (Wildman–Crippen LogP) is 2.69. The Morgan fingerprint density at radius 2 is 1.87 bits per heavy atom. The summed E-state index contributed by atoms with van der Waals surface area (Å²) < 4.78 is 64.1. The molecule has 2 rings (SSSR count). The molecule has 1 N–H and O–H groups in total. The van der Waals surface area contributed by atoms with E-state index in [2.05, 4.69) is 5.32 Å². The van der Waals surface area contributed by atoms with E-state index in [1.807, 2.05) is 0 Å². The summed E-state index contributed by atoms with van der Waals surface area (Å²) >= 11 is 0. The molecule has 1 heterocycles. The lowest BCUT2D eigenvalue weighted by Crippen LogP contribution is -2.30. The SMILES string of the molecule is CC(C)S(=O)(=O)c1ccc(C(F)(F)F)cc1N1CCCNCC1. The Morgan fingerprint density at radius 1 is 1.17 bits per heavy atom. The molecule has 8 heteroatoms. The number of nitrogens with zero attached hydrogens (tertiary/aromatic N) is 1. The molecule has 0 radical (unpaired) electrons. The fourth-order valence-corrected chi connectivity index (χ4v) is 3.77. The van der Waals surface area contributed by atoms with Crippen LogP contribution in [0.15, 0.2) is 23.1 Å². The smallest absolute Gasteiger partial charge is 0.369 e. The maximum Gasteiger partial charge on any atom is 0.416 e. The third-order valence-electron chi connectivity index (χ3n) is 3.89. The first-order valence-corrected chi connectivity index (χ1v) is 9.09.